The van der Waals surface area contributed by atoms with E-state index in [9.17, 15) is 4.39 Å². The van der Waals surface area contributed by atoms with Crippen molar-refractivity contribution in [3.05, 3.63) is 29.6 Å². The van der Waals surface area contributed by atoms with Gasteiger partial charge in [0.2, 0.25) is 0 Å². The molecule has 0 bridgehead atoms. The monoisotopic (exact) mass is 243 g/mol. The molecule has 0 radical (unpaired) electrons. The average Bonchev–Trinajstić information content (AvgIpc) is 2.16. The Bertz CT molecular complexity index is 406. The van der Waals surface area contributed by atoms with Crippen molar-refractivity contribution in [1.82, 2.24) is 0 Å². The number of benzene rings is 1. The van der Waals surface area contributed by atoms with Crippen LogP contribution >= 0.6 is 12.4 Å². The predicted octanol–water partition coefficient (Wildman–Crippen LogP) is 2.95. The van der Waals surface area contributed by atoms with Crippen molar-refractivity contribution in [3.63, 3.8) is 0 Å². The van der Waals surface area contributed by atoms with Crippen LogP contribution in [0.1, 0.15) is 37.3 Å². The Balaban J connectivity index is 0.000000963. The molecule has 2 nitrogen and oxygen atoms in total. The van der Waals surface area contributed by atoms with Gasteiger partial charge in [-0.15, -0.1) is 12.4 Å². The molecule has 0 unspecified atom stereocenters. The van der Waals surface area contributed by atoms with E-state index in [-0.39, 0.29) is 29.9 Å². The van der Waals surface area contributed by atoms with Crippen LogP contribution in [-0.4, -0.2) is 5.60 Å². The van der Waals surface area contributed by atoms with Crippen LogP contribution in [0.5, 0.6) is 5.75 Å². The molecule has 1 aromatic carbocycles. The molecular weight excluding hydrogens is 229 g/mol. The molecule has 1 aliphatic heterocycles. The van der Waals surface area contributed by atoms with Gasteiger partial charge in [0.25, 0.3) is 0 Å². The van der Waals surface area contributed by atoms with E-state index in [1.54, 1.807) is 6.07 Å². The lowest BCUT2D eigenvalue weighted by Crippen LogP contribution is -2.48. The van der Waals surface area contributed by atoms with Crippen molar-refractivity contribution in [1.29, 1.82) is 0 Å². The van der Waals surface area contributed by atoms with E-state index in [4.69, 9.17) is 10.5 Å². The van der Waals surface area contributed by atoms with Crippen molar-refractivity contribution < 1.29 is 9.13 Å². The summed E-state index contributed by atoms with van der Waals surface area (Å²) in [7, 11) is 0. The van der Waals surface area contributed by atoms with Gasteiger partial charge in [0.1, 0.15) is 17.2 Å². The summed E-state index contributed by atoms with van der Waals surface area (Å²) in [5, 5.41) is 0. The molecule has 1 fully saturated rings. The lowest BCUT2D eigenvalue weighted by Gasteiger charge is -2.47. The third kappa shape index (κ3) is 1.68. The summed E-state index contributed by atoms with van der Waals surface area (Å²) in [4.78, 5) is 0. The standard InChI is InChI=1S/C12H14FNO.ClH/c13-8-2-3-11-9(6-8)10(14)7-12(15-11)4-1-5-12;/h2-3,6,10H,1,4-5,7,14H2;1H/t10-;/m0./s1. The molecule has 2 N–H and O–H groups in total. The molecule has 4 heteroatoms. The summed E-state index contributed by atoms with van der Waals surface area (Å²) < 4.78 is 19.0. The molecule has 1 atom stereocenters. The first-order valence-electron chi connectivity index (χ1n) is 5.43. The van der Waals surface area contributed by atoms with Crippen molar-refractivity contribution in [2.24, 2.45) is 5.73 Å². The van der Waals surface area contributed by atoms with Gasteiger partial charge in [-0.25, -0.2) is 4.39 Å². The summed E-state index contributed by atoms with van der Waals surface area (Å²) in [6, 6.07) is 4.54. The van der Waals surface area contributed by atoms with Crippen LogP contribution in [0.2, 0.25) is 0 Å². The van der Waals surface area contributed by atoms with Crippen LogP contribution in [0.4, 0.5) is 4.39 Å². The van der Waals surface area contributed by atoms with Gasteiger partial charge in [-0.2, -0.15) is 0 Å². The van der Waals surface area contributed by atoms with Crippen LogP contribution in [0.3, 0.4) is 0 Å². The summed E-state index contributed by atoms with van der Waals surface area (Å²) in [6.07, 6.45) is 4.20. The molecule has 16 heavy (non-hydrogen) atoms. The highest BCUT2D eigenvalue weighted by atomic mass is 35.5. The lowest BCUT2D eigenvalue weighted by atomic mass is 9.73. The number of ether oxygens (including phenoxy) is 1. The average molecular weight is 244 g/mol. The Labute approximate surface area is 100 Å². The van der Waals surface area contributed by atoms with Gasteiger partial charge in [-0.3, -0.25) is 0 Å². The highest BCUT2D eigenvalue weighted by molar-refractivity contribution is 5.85. The Morgan fingerprint density at radius 3 is 2.75 bits per heavy atom. The van der Waals surface area contributed by atoms with Crippen molar-refractivity contribution in [2.75, 3.05) is 0 Å². The largest absolute Gasteiger partial charge is 0.487 e. The van der Waals surface area contributed by atoms with Gasteiger partial charge < -0.3 is 10.5 Å². The maximum Gasteiger partial charge on any atom is 0.125 e. The molecule has 0 amide bonds. The molecule has 1 aromatic rings. The SMILES string of the molecule is Cl.N[C@H]1CC2(CCC2)Oc2ccc(F)cc21. The zero-order chi connectivity index (χ0) is 10.5. The van der Waals surface area contributed by atoms with Gasteiger partial charge in [-0.1, -0.05) is 0 Å². The smallest absolute Gasteiger partial charge is 0.125 e. The number of fused-ring (bicyclic) bond motifs is 1. The molecule has 1 saturated carbocycles. The summed E-state index contributed by atoms with van der Waals surface area (Å²) >= 11 is 0. The number of hydrogen-bond donors (Lipinski definition) is 1. The van der Waals surface area contributed by atoms with E-state index in [1.165, 1.54) is 18.6 Å². The second-order valence-corrected chi connectivity index (χ2v) is 4.63. The number of halogens is 2. The first-order valence-corrected chi connectivity index (χ1v) is 5.43. The molecule has 1 spiro atoms. The van der Waals surface area contributed by atoms with Crippen LogP contribution in [-0.2, 0) is 0 Å². The topological polar surface area (TPSA) is 35.2 Å². The minimum Gasteiger partial charge on any atom is -0.487 e. The third-order valence-electron chi connectivity index (χ3n) is 3.55. The van der Waals surface area contributed by atoms with Crippen LogP contribution in [0, 0.1) is 5.82 Å². The zero-order valence-corrected chi connectivity index (χ0v) is 9.73. The molecular formula is C12H15ClFNO. The Kier molecular flexibility index (Phi) is 2.84. The number of nitrogens with two attached hydrogens (primary N) is 1. The molecule has 0 aromatic heterocycles. The van der Waals surface area contributed by atoms with E-state index >= 15 is 0 Å². The van der Waals surface area contributed by atoms with E-state index in [0.29, 0.717) is 0 Å². The van der Waals surface area contributed by atoms with Crippen molar-refractivity contribution in [3.8, 4) is 5.75 Å². The van der Waals surface area contributed by atoms with Crippen molar-refractivity contribution >= 4 is 12.4 Å². The van der Waals surface area contributed by atoms with Crippen LogP contribution < -0.4 is 10.5 Å². The minimum absolute atomic E-state index is 0. The van der Waals surface area contributed by atoms with Crippen LogP contribution in [0.15, 0.2) is 18.2 Å². The fourth-order valence-electron chi connectivity index (χ4n) is 2.56. The van der Waals surface area contributed by atoms with E-state index in [0.717, 1.165) is 30.6 Å². The van der Waals surface area contributed by atoms with Gasteiger partial charge >= 0.3 is 0 Å². The maximum absolute atomic E-state index is 13.0. The van der Waals surface area contributed by atoms with E-state index in [2.05, 4.69) is 0 Å². The second-order valence-electron chi connectivity index (χ2n) is 4.63. The minimum atomic E-state index is -0.239. The third-order valence-corrected chi connectivity index (χ3v) is 3.55. The maximum atomic E-state index is 13.0. The van der Waals surface area contributed by atoms with Gasteiger partial charge in [0.15, 0.2) is 0 Å². The molecule has 2 aliphatic rings. The second kappa shape index (κ2) is 3.90. The Morgan fingerprint density at radius 2 is 2.12 bits per heavy atom. The summed E-state index contributed by atoms with van der Waals surface area (Å²) in [5.74, 6) is 0.534. The summed E-state index contributed by atoms with van der Waals surface area (Å²) in [5.41, 5.74) is 6.83. The summed E-state index contributed by atoms with van der Waals surface area (Å²) in [6.45, 7) is 0. The Morgan fingerprint density at radius 1 is 1.38 bits per heavy atom. The fraction of sp³-hybridized carbons (Fsp3) is 0.500. The van der Waals surface area contributed by atoms with Crippen molar-refractivity contribution in [2.45, 2.75) is 37.3 Å². The normalized spacial score (nSPS) is 25.0. The highest BCUT2D eigenvalue weighted by Crippen LogP contribution is 2.47. The van der Waals surface area contributed by atoms with Crippen LogP contribution in [0.25, 0.3) is 0 Å². The quantitative estimate of drug-likeness (QED) is 0.760. The lowest BCUT2D eigenvalue weighted by molar-refractivity contribution is -0.0330. The first kappa shape index (κ1) is 11.7. The Hall–Kier alpha value is -0.800. The fourth-order valence-corrected chi connectivity index (χ4v) is 2.56. The molecule has 1 heterocycles. The predicted molar refractivity (Wildman–Crippen MR) is 62.4 cm³/mol. The molecule has 88 valence electrons. The van der Waals surface area contributed by atoms with Gasteiger partial charge in [0.05, 0.1) is 0 Å². The highest BCUT2D eigenvalue weighted by Gasteiger charge is 2.44. The number of hydrogen-bond acceptors (Lipinski definition) is 2. The first-order chi connectivity index (χ1) is 7.19. The van der Waals surface area contributed by atoms with Gasteiger partial charge in [-0.05, 0) is 37.5 Å². The van der Waals surface area contributed by atoms with Gasteiger partial charge in [0, 0.05) is 18.0 Å². The van der Waals surface area contributed by atoms with E-state index < -0.39 is 0 Å². The zero-order valence-electron chi connectivity index (χ0n) is 8.91. The molecule has 1 aliphatic carbocycles. The number of rotatable bonds is 0. The van der Waals surface area contributed by atoms with E-state index in [1.807, 2.05) is 0 Å². The molecule has 0 saturated heterocycles. The molecule has 3 rings (SSSR count).